The van der Waals surface area contributed by atoms with Crippen molar-refractivity contribution in [2.75, 3.05) is 0 Å². The highest BCUT2D eigenvalue weighted by Crippen LogP contribution is 2.09. The minimum Gasteiger partial charge on any atom is -0.480 e. The SMILES string of the molecule is CCC(C)C(N)C(=O)NC(CC(C)C)C(=O)NC(C)C(=O)NC(Cc1ccccc1)C(=O)O. The first kappa shape index (κ1) is 28.1. The van der Waals surface area contributed by atoms with Crippen LogP contribution < -0.4 is 21.7 Å². The van der Waals surface area contributed by atoms with E-state index < -0.39 is 47.9 Å². The fourth-order valence-corrected chi connectivity index (χ4v) is 3.21. The van der Waals surface area contributed by atoms with Crippen LogP contribution in [0.1, 0.15) is 53.0 Å². The number of carbonyl (C=O) groups excluding carboxylic acids is 3. The Kier molecular flexibility index (Phi) is 11.6. The summed E-state index contributed by atoms with van der Waals surface area (Å²) in [5, 5.41) is 17.2. The van der Waals surface area contributed by atoms with Crippen molar-refractivity contribution in [3.63, 3.8) is 0 Å². The summed E-state index contributed by atoms with van der Waals surface area (Å²) in [4.78, 5) is 49.5. The minimum atomic E-state index is -1.17. The molecule has 0 aliphatic rings. The number of hydrogen-bond acceptors (Lipinski definition) is 5. The minimum absolute atomic E-state index is 0.0463. The highest BCUT2D eigenvalue weighted by Gasteiger charge is 2.29. The molecule has 9 nitrogen and oxygen atoms in total. The van der Waals surface area contributed by atoms with Gasteiger partial charge in [-0.15, -0.1) is 0 Å². The predicted octanol–water partition coefficient (Wildman–Crippen LogP) is 1.21. The van der Waals surface area contributed by atoms with Gasteiger partial charge in [-0.05, 0) is 30.7 Å². The largest absolute Gasteiger partial charge is 0.480 e. The van der Waals surface area contributed by atoms with Gasteiger partial charge in [0.15, 0.2) is 0 Å². The van der Waals surface area contributed by atoms with Crippen molar-refractivity contribution in [2.24, 2.45) is 17.6 Å². The number of carboxylic acids is 1. The lowest BCUT2D eigenvalue weighted by atomic mass is 9.97. The molecule has 6 N–H and O–H groups in total. The van der Waals surface area contributed by atoms with E-state index >= 15 is 0 Å². The van der Waals surface area contributed by atoms with Gasteiger partial charge in [-0.2, -0.15) is 0 Å². The Morgan fingerprint density at radius 3 is 1.97 bits per heavy atom. The zero-order valence-corrected chi connectivity index (χ0v) is 20.1. The van der Waals surface area contributed by atoms with E-state index in [2.05, 4.69) is 16.0 Å². The molecule has 1 aromatic carbocycles. The third kappa shape index (κ3) is 9.61. The second kappa shape index (κ2) is 13.6. The first-order chi connectivity index (χ1) is 15.5. The van der Waals surface area contributed by atoms with Crippen LogP contribution in [-0.2, 0) is 25.6 Å². The van der Waals surface area contributed by atoms with Crippen molar-refractivity contribution in [1.82, 2.24) is 16.0 Å². The van der Waals surface area contributed by atoms with Gasteiger partial charge in [0, 0.05) is 6.42 Å². The molecule has 33 heavy (non-hydrogen) atoms. The number of amides is 3. The van der Waals surface area contributed by atoms with E-state index in [1.54, 1.807) is 24.3 Å². The molecule has 0 saturated heterocycles. The Morgan fingerprint density at radius 1 is 0.879 bits per heavy atom. The number of benzene rings is 1. The molecule has 0 saturated carbocycles. The molecule has 5 atom stereocenters. The smallest absolute Gasteiger partial charge is 0.326 e. The van der Waals surface area contributed by atoms with Crippen LogP contribution in [0.3, 0.4) is 0 Å². The second-order valence-corrected chi connectivity index (χ2v) is 8.92. The van der Waals surface area contributed by atoms with Gasteiger partial charge in [-0.25, -0.2) is 4.79 Å². The molecule has 1 aromatic rings. The van der Waals surface area contributed by atoms with Gasteiger partial charge < -0.3 is 26.8 Å². The summed E-state index contributed by atoms with van der Waals surface area (Å²) >= 11 is 0. The van der Waals surface area contributed by atoms with Crippen LogP contribution in [0.15, 0.2) is 30.3 Å². The van der Waals surface area contributed by atoms with Crippen molar-refractivity contribution >= 4 is 23.7 Å². The molecule has 1 rings (SSSR count). The Balaban J connectivity index is 2.79. The summed E-state index contributed by atoms with van der Waals surface area (Å²) in [6.07, 6.45) is 1.20. The second-order valence-electron chi connectivity index (χ2n) is 8.92. The van der Waals surface area contributed by atoms with Crippen molar-refractivity contribution in [1.29, 1.82) is 0 Å². The highest BCUT2D eigenvalue weighted by molar-refractivity contribution is 5.94. The summed E-state index contributed by atoms with van der Waals surface area (Å²) in [7, 11) is 0. The third-order valence-corrected chi connectivity index (χ3v) is 5.55. The first-order valence-electron chi connectivity index (χ1n) is 11.4. The number of nitrogens with two attached hydrogens (primary N) is 1. The first-order valence-corrected chi connectivity index (χ1v) is 11.4. The quantitative estimate of drug-likeness (QED) is 0.297. The normalized spacial score (nSPS) is 15.6. The lowest BCUT2D eigenvalue weighted by molar-refractivity contribution is -0.142. The van der Waals surface area contributed by atoms with E-state index in [1.807, 2.05) is 33.8 Å². The van der Waals surface area contributed by atoms with Crippen LogP contribution in [0.25, 0.3) is 0 Å². The number of carboxylic acid groups (broad SMARTS) is 1. The maximum Gasteiger partial charge on any atom is 0.326 e. The Bertz CT molecular complexity index is 799. The molecule has 0 heterocycles. The van der Waals surface area contributed by atoms with Gasteiger partial charge >= 0.3 is 5.97 Å². The van der Waals surface area contributed by atoms with Crippen LogP contribution >= 0.6 is 0 Å². The summed E-state index contributed by atoms with van der Waals surface area (Å²) in [5.41, 5.74) is 6.75. The van der Waals surface area contributed by atoms with Crippen molar-refractivity contribution in [3.8, 4) is 0 Å². The van der Waals surface area contributed by atoms with Gasteiger partial charge in [0.25, 0.3) is 0 Å². The lowest BCUT2D eigenvalue weighted by Crippen LogP contribution is -2.57. The van der Waals surface area contributed by atoms with E-state index in [-0.39, 0.29) is 18.3 Å². The number of nitrogens with one attached hydrogen (secondary N) is 3. The molecule has 0 radical (unpaired) electrons. The summed E-state index contributed by atoms with van der Waals surface area (Å²) in [5.74, 6) is -2.68. The summed E-state index contributed by atoms with van der Waals surface area (Å²) < 4.78 is 0. The van der Waals surface area contributed by atoms with Gasteiger partial charge in [-0.1, -0.05) is 64.4 Å². The van der Waals surface area contributed by atoms with E-state index in [0.717, 1.165) is 12.0 Å². The van der Waals surface area contributed by atoms with Crippen LogP contribution in [0.4, 0.5) is 0 Å². The van der Waals surface area contributed by atoms with Crippen molar-refractivity contribution in [3.05, 3.63) is 35.9 Å². The van der Waals surface area contributed by atoms with Crippen LogP contribution in [0.2, 0.25) is 0 Å². The molecule has 3 amide bonds. The molecule has 9 heteroatoms. The number of carbonyl (C=O) groups is 4. The molecular formula is C24H38N4O5. The van der Waals surface area contributed by atoms with Gasteiger partial charge in [0.1, 0.15) is 18.1 Å². The van der Waals surface area contributed by atoms with E-state index in [1.165, 1.54) is 6.92 Å². The molecule has 0 fully saturated rings. The average molecular weight is 463 g/mol. The Morgan fingerprint density at radius 2 is 1.45 bits per heavy atom. The monoisotopic (exact) mass is 462 g/mol. The van der Waals surface area contributed by atoms with Crippen LogP contribution in [-0.4, -0.2) is 53.0 Å². The summed E-state index contributed by atoms with van der Waals surface area (Å²) in [6.45, 7) is 9.09. The van der Waals surface area contributed by atoms with E-state index in [0.29, 0.717) is 6.42 Å². The number of aliphatic carboxylic acids is 1. The number of hydrogen-bond donors (Lipinski definition) is 5. The predicted molar refractivity (Wildman–Crippen MR) is 126 cm³/mol. The maximum absolute atomic E-state index is 12.8. The molecule has 0 aliphatic carbocycles. The fraction of sp³-hybridized carbons (Fsp3) is 0.583. The Labute approximate surface area is 195 Å². The molecule has 0 aliphatic heterocycles. The molecular weight excluding hydrogens is 424 g/mol. The molecule has 0 aromatic heterocycles. The fourth-order valence-electron chi connectivity index (χ4n) is 3.21. The zero-order chi connectivity index (χ0) is 25.1. The van der Waals surface area contributed by atoms with Gasteiger partial charge in [-0.3, -0.25) is 14.4 Å². The molecule has 5 unspecified atom stereocenters. The van der Waals surface area contributed by atoms with Crippen molar-refractivity contribution in [2.45, 2.75) is 78.0 Å². The molecule has 0 spiro atoms. The Hall–Kier alpha value is -2.94. The van der Waals surface area contributed by atoms with E-state index in [9.17, 15) is 24.3 Å². The number of rotatable bonds is 13. The van der Waals surface area contributed by atoms with Crippen LogP contribution in [0, 0.1) is 11.8 Å². The highest BCUT2D eigenvalue weighted by atomic mass is 16.4. The van der Waals surface area contributed by atoms with Gasteiger partial charge in [0.2, 0.25) is 17.7 Å². The topological polar surface area (TPSA) is 151 Å². The standard InChI is InChI=1S/C24H38N4O5/c1-6-15(4)20(25)23(31)27-18(12-14(2)3)22(30)26-16(5)21(29)28-19(24(32)33)13-17-10-8-7-9-11-17/h7-11,14-16,18-20H,6,12-13,25H2,1-5H3,(H,26,30)(H,27,31)(H,28,29)(H,32,33). The lowest BCUT2D eigenvalue weighted by Gasteiger charge is -2.25. The maximum atomic E-state index is 12.8. The van der Waals surface area contributed by atoms with Crippen molar-refractivity contribution < 1.29 is 24.3 Å². The summed E-state index contributed by atoms with van der Waals surface area (Å²) in [6, 6.07) is 5.20. The molecule has 0 bridgehead atoms. The van der Waals surface area contributed by atoms with Gasteiger partial charge in [0.05, 0.1) is 6.04 Å². The van der Waals surface area contributed by atoms with Crippen LogP contribution in [0.5, 0.6) is 0 Å². The third-order valence-electron chi connectivity index (χ3n) is 5.55. The molecule has 184 valence electrons. The average Bonchev–Trinajstić information content (AvgIpc) is 2.77. The zero-order valence-electron chi connectivity index (χ0n) is 20.1. The van der Waals surface area contributed by atoms with E-state index in [4.69, 9.17) is 5.73 Å².